The molecule has 0 radical (unpaired) electrons. The lowest BCUT2D eigenvalue weighted by molar-refractivity contribution is 0.101. The van der Waals surface area contributed by atoms with Crippen LogP contribution >= 0.6 is 0 Å². The van der Waals surface area contributed by atoms with Crippen LogP contribution in [0, 0.1) is 0 Å². The number of fused-ring (bicyclic) bond motifs is 1. The number of carbonyl (C=O) groups excluding carboxylic acids is 1. The number of anilines is 1. The zero-order chi connectivity index (χ0) is 17.9. The Morgan fingerprint density at radius 2 is 1.81 bits per heavy atom. The van der Waals surface area contributed by atoms with Gasteiger partial charge in [0.25, 0.3) is 5.91 Å². The predicted octanol–water partition coefficient (Wildman–Crippen LogP) is 3.37. The molecular formula is C19H16N2O5. The van der Waals surface area contributed by atoms with Gasteiger partial charge in [-0.3, -0.25) is 4.79 Å². The summed E-state index contributed by atoms with van der Waals surface area (Å²) in [6, 6.07) is 14.1. The largest absolute Gasteiger partial charge is 0.497 e. The number of nitrogens with one attached hydrogen (secondary N) is 1. The lowest BCUT2D eigenvalue weighted by atomic mass is 10.1. The van der Waals surface area contributed by atoms with Crippen LogP contribution in [-0.2, 0) is 0 Å². The zero-order valence-electron chi connectivity index (χ0n) is 14.0. The third-order valence-corrected chi connectivity index (χ3v) is 3.92. The molecular weight excluding hydrogens is 336 g/mol. The van der Waals surface area contributed by atoms with Crippen molar-refractivity contribution in [3.8, 4) is 28.6 Å². The Bertz CT molecular complexity index is 933. The summed E-state index contributed by atoms with van der Waals surface area (Å²) in [5.41, 5.74) is 1.58. The number of carbonyl (C=O) groups is 1. The van der Waals surface area contributed by atoms with Crippen molar-refractivity contribution in [3.05, 3.63) is 54.2 Å². The average molecular weight is 352 g/mol. The molecule has 2 heterocycles. The van der Waals surface area contributed by atoms with Gasteiger partial charge in [-0.15, -0.1) is 0 Å². The maximum Gasteiger partial charge on any atom is 0.277 e. The van der Waals surface area contributed by atoms with Crippen LogP contribution in [0.3, 0.4) is 0 Å². The van der Waals surface area contributed by atoms with Gasteiger partial charge in [0.2, 0.25) is 0 Å². The number of nitrogens with zero attached hydrogens (tertiary/aromatic N) is 1. The van der Waals surface area contributed by atoms with Crippen LogP contribution in [-0.4, -0.2) is 31.4 Å². The maximum absolute atomic E-state index is 12.3. The maximum atomic E-state index is 12.3. The minimum absolute atomic E-state index is 0.186. The summed E-state index contributed by atoms with van der Waals surface area (Å²) in [7, 11) is 1.59. The van der Waals surface area contributed by atoms with Crippen molar-refractivity contribution < 1.29 is 23.5 Å². The van der Waals surface area contributed by atoms with Gasteiger partial charge in [-0.05, 0) is 42.5 Å². The Labute approximate surface area is 149 Å². The molecule has 0 unspecified atom stereocenters. The second-order valence-electron chi connectivity index (χ2n) is 5.62. The Balaban J connectivity index is 1.51. The van der Waals surface area contributed by atoms with Gasteiger partial charge >= 0.3 is 0 Å². The van der Waals surface area contributed by atoms with E-state index >= 15 is 0 Å². The summed E-state index contributed by atoms with van der Waals surface area (Å²) >= 11 is 0. The molecule has 7 heteroatoms. The number of methoxy groups -OCH3 is 1. The van der Waals surface area contributed by atoms with Gasteiger partial charge in [0.1, 0.15) is 19.0 Å². The van der Waals surface area contributed by atoms with E-state index in [0.29, 0.717) is 41.9 Å². The van der Waals surface area contributed by atoms with Crippen LogP contribution in [0.1, 0.15) is 10.5 Å². The van der Waals surface area contributed by atoms with Crippen LogP contribution < -0.4 is 19.5 Å². The predicted molar refractivity (Wildman–Crippen MR) is 93.9 cm³/mol. The van der Waals surface area contributed by atoms with Gasteiger partial charge in [-0.25, -0.2) is 0 Å². The van der Waals surface area contributed by atoms with Crippen molar-refractivity contribution >= 4 is 11.6 Å². The molecule has 1 N–H and O–H groups in total. The molecule has 7 nitrogen and oxygen atoms in total. The lowest BCUT2D eigenvalue weighted by Gasteiger charge is -2.18. The molecule has 4 rings (SSSR count). The summed E-state index contributed by atoms with van der Waals surface area (Å²) in [5, 5.41) is 6.61. The van der Waals surface area contributed by atoms with E-state index in [-0.39, 0.29) is 11.6 Å². The minimum atomic E-state index is -0.359. The molecule has 0 fully saturated rings. The number of ether oxygens (including phenoxy) is 3. The van der Waals surface area contributed by atoms with Crippen LogP contribution in [0.15, 0.2) is 53.1 Å². The molecule has 1 aliphatic rings. The van der Waals surface area contributed by atoms with Gasteiger partial charge in [0.15, 0.2) is 23.0 Å². The first kappa shape index (κ1) is 16.0. The fourth-order valence-corrected chi connectivity index (χ4v) is 2.58. The third kappa shape index (κ3) is 3.19. The topological polar surface area (TPSA) is 82.8 Å². The Morgan fingerprint density at radius 1 is 1.04 bits per heavy atom. The normalized spacial score (nSPS) is 12.5. The second kappa shape index (κ2) is 6.79. The van der Waals surface area contributed by atoms with E-state index in [1.54, 1.807) is 43.5 Å². The quantitative estimate of drug-likeness (QED) is 0.775. The summed E-state index contributed by atoms with van der Waals surface area (Å²) in [6.45, 7) is 1.03. The lowest BCUT2D eigenvalue weighted by Crippen LogP contribution is -2.15. The zero-order valence-corrected chi connectivity index (χ0v) is 14.0. The standard InChI is InChI=1S/C19H16N2O5/c1-23-14-5-3-13(4-6-14)20-19(22)15-11-17(26-21-15)12-2-7-16-18(10-12)25-9-8-24-16/h2-7,10-11H,8-9H2,1H3,(H,20,22). The summed E-state index contributed by atoms with van der Waals surface area (Å²) < 4.78 is 21.5. The molecule has 1 aromatic heterocycles. The molecule has 0 spiro atoms. The van der Waals surface area contributed by atoms with Crippen molar-refractivity contribution in [2.75, 3.05) is 25.6 Å². The average Bonchev–Trinajstić information content (AvgIpc) is 3.18. The monoisotopic (exact) mass is 352 g/mol. The van der Waals surface area contributed by atoms with Gasteiger partial charge < -0.3 is 24.1 Å². The molecule has 2 aromatic carbocycles. The van der Waals surface area contributed by atoms with Gasteiger partial charge in [-0.2, -0.15) is 0 Å². The molecule has 132 valence electrons. The molecule has 0 saturated carbocycles. The molecule has 0 saturated heterocycles. The van der Waals surface area contributed by atoms with Gasteiger partial charge in [0, 0.05) is 17.3 Å². The summed E-state index contributed by atoms with van der Waals surface area (Å²) in [5.74, 6) is 2.17. The van der Waals surface area contributed by atoms with Crippen molar-refractivity contribution in [2.45, 2.75) is 0 Å². The molecule has 0 bridgehead atoms. The smallest absolute Gasteiger partial charge is 0.277 e. The van der Waals surface area contributed by atoms with Gasteiger partial charge in [-0.1, -0.05) is 5.16 Å². The Kier molecular flexibility index (Phi) is 4.18. The highest BCUT2D eigenvalue weighted by molar-refractivity contribution is 6.03. The highest BCUT2D eigenvalue weighted by Gasteiger charge is 2.17. The molecule has 26 heavy (non-hydrogen) atoms. The first-order valence-electron chi connectivity index (χ1n) is 8.05. The SMILES string of the molecule is COc1ccc(NC(=O)c2cc(-c3ccc4c(c3)OCCO4)on2)cc1. The number of aromatic nitrogens is 1. The van der Waals surface area contributed by atoms with Gasteiger partial charge in [0.05, 0.1) is 7.11 Å². The fourth-order valence-electron chi connectivity index (χ4n) is 2.58. The molecule has 0 atom stereocenters. The summed E-state index contributed by atoms with van der Waals surface area (Å²) in [4.78, 5) is 12.3. The number of benzene rings is 2. The van der Waals surface area contributed by atoms with Crippen molar-refractivity contribution in [3.63, 3.8) is 0 Å². The number of rotatable bonds is 4. The van der Waals surface area contributed by atoms with Crippen molar-refractivity contribution in [1.29, 1.82) is 0 Å². The van der Waals surface area contributed by atoms with E-state index in [4.69, 9.17) is 18.7 Å². The molecule has 3 aromatic rings. The van der Waals surface area contributed by atoms with E-state index < -0.39 is 0 Å². The number of amides is 1. The van der Waals surface area contributed by atoms with E-state index in [9.17, 15) is 4.79 Å². The highest BCUT2D eigenvalue weighted by Crippen LogP contribution is 2.34. The molecule has 1 amide bonds. The van der Waals surface area contributed by atoms with Crippen LogP contribution in [0.5, 0.6) is 17.2 Å². The van der Waals surface area contributed by atoms with Crippen LogP contribution in [0.4, 0.5) is 5.69 Å². The Morgan fingerprint density at radius 3 is 2.58 bits per heavy atom. The highest BCUT2D eigenvalue weighted by atomic mass is 16.6. The van der Waals surface area contributed by atoms with Crippen LogP contribution in [0.25, 0.3) is 11.3 Å². The minimum Gasteiger partial charge on any atom is -0.497 e. The van der Waals surface area contributed by atoms with E-state index in [1.165, 1.54) is 0 Å². The van der Waals surface area contributed by atoms with E-state index in [2.05, 4.69) is 10.5 Å². The van der Waals surface area contributed by atoms with E-state index in [1.807, 2.05) is 12.1 Å². The van der Waals surface area contributed by atoms with E-state index in [0.717, 1.165) is 5.56 Å². The summed E-state index contributed by atoms with van der Waals surface area (Å²) in [6.07, 6.45) is 0. The first-order valence-corrected chi connectivity index (χ1v) is 8.05. The second-order valence-corrected chi connectivity index (χ2v) is 5.62. The molecule has 0 aliphatic carbocycles. The van der Waals surface area contributed by atoms with Crippen LogP contribution in [0.2, 0.25) is 0 Å². The number of hydrogen-bond acceptors (Lipinski definition) is 6. The Hall–Kier alpha value is -3.48. The van der Waals surface area contributed by atoms with Crippen molar-refractivity contribution in [1.82, 2.24) is 5.16 Å². The third-order valence-electron chi connectivity index (χ3n) is 3.92. The van der Waals surface area contributed by atoms with Crippen molar-refractivity contribution in [2.24, 2.45) is 0 Å². The fraction of sp³-hybridized carbons (Fsp3) is 0.158. The first-order chi connectivity index (χ1) is 12.7. The number of hydrogen-bond donors (Lipinski definition) is 1. The molecule has 1 aliphatic heterocycles.